The molecule has 1 aromatic carbocycles. The molecule has 1 fully saturated rings. The molecule has 2 aliphatic rings. The Kier molecular flexibility index (Phi) is 5.18. The molecule has 0 saturated carbocycles. The summed E-state index contributed by atoms with van der Waals surface area (Å²) >= 11 is 0. The fraction of sp³-hybridized carbons (Fsp3) is 0.286. The van der Waals surface area contributed by atoms with Gasteiger partial charge in [-0.3, -0.25) is 4.98 Å². The maximum atomic E-state index is 5.81. The predicted octanol–water partition coefficient (Wildman–Crippen LogP) is 4.83. The van der Waals surface area contributed by atoms with E-state index in [1.54, 1.807) is 6.20 Å². The lowest BCUT2D eigenvalue weighted by Gasteiger charge is -2.24. The summed E-state index contributed by atoms with van der Waals surface area (Å²) in [6, 6.07) is 9.28. The average Bonchev–Trinajstić information content (AvgIpc) is 3.53. The Morgan fingerprint density at radius 1 is 1.09 bits per heavy atom. The van der Waals surface area contributed by atoms with Crippen LogP contribution in [-0.4, -0.2) is 28.1 Å². The van der Waals surface area contributed by atoms with Crippen LogP contribution >= 0.6 is 0 Å². The summed E-state index contributed by atoms with van der Waals surface area (Å²) in [6.45, 7) is 4.64. The second-order valence-electron chi connectivity index (χ2n) is 8.92. The highest BCUT2D eigenvalue weighted by molar-refractivity contribution is 5.87. The van der Waals surface area contributed by atoms with E-state index in [4.69, 9.17) is 9.72 Å². The number of H-pyrrole nitrogens is 1. The molecule has 1 saturated heterocycles. The highest BCUT2D eigenvalue weighted by Crippen LogP contribution is 2.35. The Labute approximate surface area is 193 Å². The molecule has 0 unspecified atom stereocenters. The van der Waals surface area contributed by atoms with Gasteiger partial charge in [-0.25, -0.2) is 4.98 Å². The van der Waals surface area contributed by atoms with Crippen molar-refractivity contribution in [2.75, 3.05) is 13.2 Å². The van der Waals surface area contributed by atoms with Gasteiger partial charge >= 0.3 is 0 Å². The fourth-order valence-corrected chi connectivity index (χ4v) is 4.93. The Morgan fingerprint density at radius 2 is 2.03 bits per heavy atom. The molecule has 0 spiro atoms. The number of pyridine rings is 2. The van der Waals surface area contributed by atoms with E-state index in [9.17, 15) is 0 Å². The van der Waals surface area contributed by atoms with E-state index in [0.717, 1.165) is 52.9 Å². The third-order valence-electron chi connectivity index (χ3n) is 6.81. The van der Waals surface area contributed by atoms with Gasteiger partial charge in [-0.05, 0) is 78.7 Å². The van der Waals surface area contributed by atoms with Crippen molar-refractivity contribution in [3.05, 3.63) is 82.4 Å². The van der Waals surface area contributed by atoms with Gasteiger partial charge in [0.05, 0.1) is 18.8 Å². The molecule has 0 bridgehead atoms. The summed E-state index contributed by atoms with van der Waals surface area (Å²) in [5.74, 6) is 6.59. The van der Waals surface area contributed by atoms with Crippen LogP contribution in [0.1, 0.15) is 52.3 Å². The predicted molar refractivity (Wildman–Crippen MR) is 130 cm³/mol. The largest absolute Gasteiger partial charge is 0.376 e. The Hall–Kier alpha value is -3.46. The number of ether oxygens (including phenoxy) is 1. The lowest BCUT2D eigenvalue weighted by molar-refractivity contribution is 0.109. The van der Waals surface area contributed by atoms with Crippen LogP contribution in [0.2, 0.25) is 0 Å². The second kappa shape index (κ2) is 8.47. The van der Waals surface area contributed by atoms with Crippen molar-refractivity contribution in [2.24, 2.45) is 0 Å². The molecular formula is C28H26N4O. The van der Waals surface area contributed by atoms with E-state index in [0.29, 0.717) is 12.6 Å². The van der Waals surface area contributed by atoms with E-state index in [-0.39, 0.29) is 0 Å². The van der Waals surface area contributed by atoms with Crippen LogP contribution in [0, 0.1) is 18.8 Å². The fourth-order valence-electron chi connectivity index (χ4n) is 4.93. The summed E-state index contributed by atoms with van der Waals surface area (Å²) in [5, 5.41) is 4.72. The van der Waals surface area contributed by atoms with E-state index >= 15 is 0 Å². The molecular weight excluding hydrogens is 408 g/mol. The van der Waals surface area contributed by atoms with Gasteiger partial charge in [0.15, 0.2) is 0 Å². The number of aryl methyl sites for hydroxylation is 1. The van der Waals surface area contributed by atoms with E-state index < -0.39 is 0 Å². The van der Waals surface area contributed by atoms with Crippen molar-refractivity contribution in [3.63, 3.8) is 0 Å². The van der Waals surface area contributed by atoms with Crippen molar-refractivity contribution >= 4 is 11.0 Å². The number of nitrogens with zero attached hydrogens (tertiary/aromatic N) is 2. The number of rotatable bonds is 2. The molecule has 5 heterocycles. The molecule has 3 aromatic heterocycles. The van der Waals surface area contributed by atoms with Crippen LogP contribution in [0.4, 0.5) is 0 Å². The summed E-state index contributed by atoms with van der Waals surface area (Å²) in [5.41, 5.74) is 10.4. The van der Waals surface area contributed by atoms with Crippen molar-refractivity contribution in [1.82, 2.24) is 20.3 Å². The van der Waals surface area contributed by atoms with Gasteiger partial charge < -0.3 is 15.0 Å². The minimum absolute atomic E-state index is 0.411. The number of fused-ring (bicyclic) bond motifs is 2. The molecule has 5 nitrogen and oxygen atoms in total. The molecule has 2 N–H and O–H groups in total. The van der Waals surface area contributed by atoms with Crippen molar-refractivity contribution in [2.45, 2.75) is 38.8 Å². The zero-order valence-electron chi connectivity index (χ0n) is 18.7. The Morgan fingerprint density at radius 3 is 2.91 bits per heavy atom. The quantitative estimate of drug-likeness (QED) is 0.444. The number of hydrogen-bond acceptors (Lipinski definition) is 4. The minimum Gasteiger partial charge on any atom is -0.376 e. The average molecular weight is 435 g/mol. The third-order valence-corrected chi connectivity index (χ3v) is 6.81. The van der Waals surface area contributed by atoms with Gasteiger partial charge in [0, 0.05) is 47.3 Å². The molecule has 0 radical (unpaired) electrons. The lowest BCUT2D eigenvalue weighted by atomic mass is 9.88. The van der Waals surface area contributed by atoms with Crippen molar-refractivity contribution in [1.29, 1.82) is 0 Å². The molecule has 33 heavy (non-hydrogen) atoms. The number of nitrogens with one attached hydrogen (secondary N) is 2. The van der Waals surface area contributed by atoms with Crippen molar-refractivity contribution < 1.29 is 4.74 Å². The zero-order valence-corrected chi connectivity index (χ0v) is 18.7. The van der Waals surface area contributed by atoms with Gasteiger partial charge in [-0.2, -0.15) is 0 Å². The van der Waals surface area contributed by atoms with Crippen LogP contribution < -0.4 is 5.32 Å². The number of hydrogen-bond donors (Lipinski definition) is 2. The van der Waals surface area contributed by atoms with Crippen LogP contribution in [0.5, 0.6) is 0 Å². The van der Waals surface area contributed by atoms with Crippen LogP contribution in [0.25, 0.3) is 22.2 Å². The van der Waals surface area contributed by atoms with Crippen LogP contribution in [0.15, 0.2) is 49.1 Å². The van der Waals surface area contributed by atoms with Gasteiger partial charge in [0.2, 0.25) is 0 Å². The molecule has 6 rings (SSSR count). The molecule has 5 heteroatoms. The first-order valence-corrected chi connectivity index (χ1v) is 11.6. The molecule has 0 amide bonds. The van der Waals surface area contributed by atoms with Crippen LogP contribution in [0.3, 0.4) is 0 Å². The van der Waals surface area contributed by atoms with E-state index in [1.165, 1.54) is 35.1 Å². The molecule has 2 aliphatic heterocycles. The molecule has 4 aromatic rings. The van der Waals surface area contributed by atoms with Gasteiger partial charge in [0.25, 0.3) is 0 Å². The second-order valence-corrected chi connectivity index (χ2v) is 8.92. The van der Waals surface area contributed by atoms with Gasteiger partial charge in [0.1, 0.15) is 5.65 Å². The maximum absolute atomic E-state index is 5.81. The van der Waals surface area contributed by atoms with Crippen LogP contribution in [-0.2, 0) is 17.8 Å². The first kappa shape index (κ1) is 20.2. The highest BCUT2D eigenvalue weighted by Gasteiger charge is 2.24. The third kappa shape index (κ3) is 3.82. The molecule has 0 aliphatic carbocycles. The topological polar surface area (TPSA) is 62.8 Å². The summed E-state index contributed by atoms with van der Waals surface area (Å²) in [7, 11) is 0. The smallest absolute Gasteiger partial charge is 0.138 e. The van der Waals surface area contributed by atoms with Gasteiger partial charge in [-0.1, -0.05) is 17.9 Å². The minimum atomic E-state index is 0.411. The summed E-state index contributed by atoms with van der Waals surface area (Å²) in [4.78, 5) is 12.2. The number of aromatic amines is 1. The summed E-state index contributed by atoms with van der Waals surface area (Å²) < 4.78 is 5.81. The standard InChI is InChI=1S/C28H26N4O/c1-18-6-9-29-14-20(18)4-5-21-15-31-28-24(21)13-23(16-32-28)22-11-19-7-10-33-17-26(19)25(12-22)27-3-2-8-30-27/h6,9,11-16,27,30H,2-3,7-8,10,17H2,1H3,(H,31,32)/t27-/m0/s1. The molecule has 1 atom stereocenters. The van der Waals surface area contributed by atoms with E-state index in [1.807, 2.05) is 24.7 Å². The Balaban J connectivity index is 1.43. The first-order chi connectivity index (χ1) is 16.3. The lowest BCUT2D eigenvalue weighted by Crippen LogP contribution is -2.19. The zero-order chi connectivity index (χ0) is 22.2. The van der Waals surface area contributed by atoms with E-state index in [2.05, 4.69) is 52.2 Å². The first-order valence-electron chi connectivity index (χ1n) is 11.6. The number of aromatic nitrogens is 3. The molecule has 164 valence electrons. The monoisotopic (exact) mass is 434 g/mol. The van der Waals surface area contributed by atoms with Crippen molar-refractivity contribution in [3.8, 4) is 23.0 Å². The number of benzene rings is 1. The summed E-state index contributed by atoms with van der Waals surface area (Å²) in [6.07, 6.45) is 10.9. The SMILES string of the molecule is Cc1ccncc1C#Cc1c[nH]c2ncc(-c3cc4c(c([C@@H]5CCCN5)c3)COCC4)cc12. The normalized spacial score (nSPS) is 17.5. The Bertz CT molecular complexity index is 1400. The maximum Gasteiger partial charge on any atom is 0.138 e. The van der Waals surface area contributed by atoms with Gasteiger partial charge in [-0.15, -0.1) is 0 Å². The highest BCUT2D eigenvalue weighted by atomic mass is 16.5.